The van der Waals surface area contributed by atoms with Crippen molar-refractivity contribution in [3.05, 3.63) is 118 Å². The number of amides is 1. The number of methoxy groups -OCH3 is 1. The van der Waals surface area contributed by atoms with Crippen LogP contribution in [0.2, 0.25) is 0 Å². The lowest BCUT2D eigenvalue weighted by atomic mass is 9.95. The Balaban J connectivity index is 1.69. The molecular weight excluding hydrogens is 601 g/mol. The van der Waals surface area contributed by atoms with Crippen molar-refractivity contribution in [3.63, 3.8) is 0 Å². The molecule has 0 fully saturated rings. The number of hydrogen-bond donors (Lipinski definition) is 2. The summed E-state index contributed by atoms with van der Waals surface area (Å²) in [7, 11) is 1.58. The molecule has 2 N–H and O–H groups in total. The lowest BCUT2D eigenvalue weighted by molar-refractivity contribution is -0.113. The first kappa shape index (κ1) is 25.0. The minimum atomic E-state index is -0.697. The van der Waals surface area contributed by atoms with Crippen molar-refractivity contribution in [1.82, 2.24) is 4.57 Å². The smallest absolute Gasteiger partial charge is 0.271 e. The van der Waals surface area contributed by atoms with Crippen molar-refractivity contribution >= 4 is 51.6 Å². The molecule has 1 atom stereocenters. The number of phenols is 1. The standard InChI is InChI=1S/C28H22IN3O4S/c1-16-24(26(34)31-19-8-4-3-5-9-19)25(18-7-6-10-20(15-18)36-2)32-27(35)23(37-28(32)30-16)14-17-11-12-22(33)21(29)13-17/h3-15,25,33H,1-2H3,(H,31,34)/b23-14+. The molecule has 0 radical (unpaired) electrons. The Morgan fingerprint density at radius 2 is 1.92 bits per heavy atom. The SMILES string of the molecule is COc1cccc(C2C(C(=O)Nc3ccccc3)=C(C)N=c3s/c(=C/c4ccc(O)c(I)c4)c(=O)n32)c1. The zero-order chi connectivity index (χ0) is 26.1. The van der Waals surface area contributed by atoms with Gasteiger partial charge in [0.1, 0.15) is 11.5 Å². The van der Waals surface area contributed by atoms with Gasteiger partial charge in [-0.3, -0.25) is 14.2 Å². The number of allylic oxidation sites excluding steroid dienone is 1. The van der Waals surface area contributed by atoms with Crippen molar-refractivity contribution in [1.29, 1.82) is 0 Å². The van der Waals surface area contributed by atoms with E-state index in [2.05, 4.69) is 10.3 Å². The number of ether oxygens (including phenoxy) is 1. The molecule has 0 saturated carbocycles. The molecule has 0 spiro atoms. The third kappa shape index (κ3) is 4.96. The third-order valence-corrected chi connectivity index (χ3v) is 7.82. The van der Waals surface area contributed by atoms with Crippen molar-refractivity contribution in [2.24, 2.45) is 4.99 Å². The number of carbonyl (C=O) groups excluding carboxylic acids is 1. The van der Waals surface area contributed by atoms with Crippen molar-refractivity contribution in [2.45, 2.75) is 13.0 Å². The van der Waals surface area contributed by atoms with Gasteiger partial charge in [0.25, 0.3) is 11.5 Å². The Hall–Kier alpha value is -3.70. The Labute approximate surface area is 230 Å². The molecule has 186 valence electrons. The molecule has 0 saturated heterocycles. The summed E-state index contributed by atoms with van der Waals surface area (Å²) in [6.07, 6.45) is 1.77. The topological polar surface area (TPSA) is 92.9 Å². The van der Waals surface area contributed by atoms with Gasteiger partial charge >= 0.3 is 0 Å². The predicted octanol–water partition coefficient (Wildman–Crippen LogP) is 4.19. The lowest BCUT2D eigenvalue weighted by Crippen LogP contribution is -2.40. The highest BCUT2D eigenvalue weighted by molar-refractivity contribution is 14.1. The third-order valence-electron chi connectivity index (χ3n) is 5.98. The number of carbonyl (C=O) groups is 1. The average Bonchev–Trinajstić information content (AvgIpc) is 3.20. The second kappa shape index (κ2) is 10.3. The van der Waals surface area contributed by atoms with E-state index >= 15 is 0 Å². The summed E-state index contributed by atoms with van der Waals surface area (Å²) in [6, 6.07) is 21.0. The molecule has 7 nitrogen and oxygen atoms in total. The number of thiazole rings is 1. The quantitative estimate of drug-likeness (QED) is 0.327. The molecule has 5 rings (SSSR count). The van der Waals surface area contributed by atoms with Crippen LogP contribution in [0.25, 0.3) is 6.08 Å². The maximum absolute atomic E-state index is 13.8. The number of rotatable bonds is 5. The molecule has 9 heteroatoms. The lowest BCUT2D eigenvalue weighted by Gasteiger charge is -2.25. The fourth-order valence-corrected chi connectivity index (χ4v) is 5.81. The van der Waals surface area contributed by atoms with E-state index in [1.54, 1.807) is 42.9 Å². The van der Waals surface area contributed by atoms with Crippen LogP contribution < -0.4 is 24.9 Å². The maximum atomic E-state index is 13.8. The van der Waals surface area contributed by atoms with Gasteiger partial charge in [0.05, 0.1) is 32.5 Å². The average molecular weight is 623 g/mol. The van der Waals surface area contributed by atoms with Gasteiger partial charge in [0.2, 0.25) is 0 Å². The predicted molar refractivity (Wildman–Crippen MR) is 153 cm³/mol. The van der Waals surface area contributed by atoms with Gasteiger partial charge in [-0.2, -0.15) is 0 Å². The first-order chi connectivity index (χ1) is 17.9. The molecule has 2 heterocycles. The van der Waals surface area contributed by atoms with Crippen LogP contribution >= 0.6 is 33.9 Å². The van der Waals surface area contributed by atoms with Gasteiger partial charge in [-0.25, -0.2) is 4.99 Å². The van der Waals surface area contributed by atoms with E-state index in [9.17, 15) is 14.7 Å². The highest BCUT2D eigenvalue weighted by Gasteiger charge is 2.32. The van der Waals surface area contributed by atoms with Gasteiger partial charge < -0.3 is 15.2 Å². The normalized spacial score (nSPS) is 15.2. The molecule has 0 bridgehead atoms. The molecule has 37 heavy (non-hydrogen) atoms. The number of aromatic nitrogens is 1. The van der Waals surface area contributed by atoms with Gasteiger partial charge in [-0.1, -0.05) is 47.7 Å². The number of nitrogens with one attached hydrogen (secondary N) is 1. The number of hydrogen-bond acceptors (Lipinski definition) is 6. The number of para-hydroxylation sites is 1. The number of fused-ring (bicyclic) bond motifs is 1. The van der Waals surface area contributed by atoms with E-state index < -0.39 is 6.04 Å². The van der Waals surface area contributed by atoms with Crippen LogP contribution in [0, 0.1) is 3.57 Å². The van der Waals surface area contributed by atoms with E-state index in [4.69, 9.17) is 4.74 Å². The van der Waals surface area contributed by atoms with Crippen LogP contribution in [0.4, 0.5) is 5.69 Å². The summed E-state index contributed by atoms with van der Waals surface area (Å²) < 4.78 is 8.17. The number of nitrogens with zero attached hydrogens (tertiary/aromatic N) is 2. The summed E-state index contributed by atoms with van der Waals surface area (Å²) >= 11 is 3.31. The second-order valence-corrected chi connectivity index (χ2v) is 10.6. The van der Waals surface area contributed by atoms with Crippen LogP contribution in [0.5, 0.6) is 11.5 Å². The zero-order valence-corrected chi connectivity index (χ0v) is 22.9. The highest BCUT2D eigenvalue weighted by atomic mass is 127. The van der Waals surface area contributed by atoms with E-state index in [1.165, 1.54) is 11.3 Å². The number of benzene rings is 3. The molecule has 1 aliphatic heterocycles. The Morgan fingerprint density at radius 3 is 2.65 bits per heavy atom. The molecule has 1 aliphatic rings. The fourth-order valence-electron chi connectivity index (χ4n) is 4.22. The molecule has 4 aromatic rings. The molecular formula is C28H22IN3O4S. The number of phenolic OH excluding ortho intramolecular Hbond substituents is 1. The number of halogens is 1. The minimum absolute atomic E-state index is 0.182. The maximum Gasteiger partial charge on any atom is 0.271 e. The largest absolute Gasteiger partial charge is 0.507 e. The Bertz CT molecular complexity index is 1720. The van der Waals surface area contributed by atoms with Gasteiger partial charge in [-0.05, 0) is 83.1 Å². The van der Waals surface area contributed by atoms with Crippen LogP contribution in [-0.4, -0.2) is 22.7 Å². The van der Waals surface area contributed by atoms with Crippen LogP contribution in [-0.2, 0) is 4.79 Å². The summed E-state index contributed by atoms with van der Waals surface area (Å²) in [5.41, 5.74) is 2.83. The van der Waals surface area contributed by atoms with E-state index in [1.807, 2.05) is 77.2 Å². The Morgan fingerprint density at radius 1 is 1.14 bits per heavy atom. The molecule has 0 aliphatic carbocycles. The molecule has 1 aromatic heterocycles. The van der Waals surface area contributed by atoms with Gasteiger partial charge in [-0.15, -0.1) is 0 Å². The number of anilines is 1. The summed E-state index contributed by atoms with van der Waals surface area (Å²) in [4.78, 5) is 32.6. The summed E-state index contributed by atoms with van der Waals surface area (Å²) in [5, 5.41) is 12.8. The highest BCUT2D eigenvalue weighted by Crippen LogP contribution is 2.32. The van der Waals surface area contributed by atoms with E-state index in [0.717, 1.165) is 11.1 Å². The molecule has 1 unspecified atom stereocenters. The second-order valence-electron chi connectivity index (χ2n) is 8.39. The monoisotopic (exact) mass is 623 g/mol. The zero-order valence-electron chi connectivity index (χ0n) is 19.9. The fraction of sp³-hybridized carbons (Fsp3) is 0.107. The first-order valence-corrected chi connectivity index (χ1v) is 13.3. The minimum Gasteiger partial charge on any atom is -0.507 e. The van der Waals surface area contributed by atoms with E-state index in [-0.39, 0.29) is 17.2 Å². The van der Waals surface area contributed by atoms with Crippen LogP contribution in [0.3, 0.4) is 0 Å². The summed E-state index contributed by atoms with van der Waals surface area (Å²) in [5.74, 6) is 0.473. The molecule has 3 aromatic carbocycles. The Kier molecular flexibility index (Phi) is 6.98. The van der Waals surface area contributed by atoms with Crippen molar-refractivity contribution in [3.8, 4) is 11.5 Å². The van der Waals surface area contributed by atoms with E-state index in [0.29, 0.717) is 35.6 Å². The molecule has 1 amide bonds. The van der Waals surface area contributed by atoms with Gasteiger partial charge in [0, 0.05) is 5.69 Å². The van der Waals surface area contributed by atoms with Crippen LogP contribution in [0.15, 0.2) is 93.9 Å². The summed E-state index contributed by atoms with van der Waals surface area (Å²) in [6.45, 7) is 1.78. The van der Waals surface area contributed by atoms with Gasteiger partial charge in [0.15, 0.2) is 4.80 Å². The number of aromatic hydroxyl groups is 1. The van der Waals surface area contributed by atoms with Crippen LogP contribution in [0.1, 0.15) is 24.1 Å². The first-order valence-electron chi connectivity index (χ1n) is 11.4. The van der Waals surface area contributed by atoms with Crippen molar-refractivity contribution < 1.29 is 14.6 Å². The van der Waals surface area contributed by atoms with Crippen molar-refractivity contribution in [2.75, 3.05) is 12.4 Å².